The van der Waals surface area contributed by atoms with E-state index in [0.717, 1.165) is 18.3 Å². The lowest BCUT2D eigenvalue weighted by Crippen LogP contribution is -2.14. The maximum absolute atomic E-state index is 12.4. The first-order valence-electron chi connectivity index (χ1n) is 5.74. The van der Waals surface area contributed by atoms with Gasteiger partial charge in [0.2, 0.25) is 0 Å². The Hall–Kier alpha value is -2.15. The van der Waals surface area contributed by atoms with Crippen molar-refractivity contribution in [1.29, 1.82) is 0 Å². The zero-order valence-corrected chi connectivity index (χ0v) is 11.5. The molecule has 0 saturated carbocycles. The molecule has 1 N–H and O–H groups in total. The van der Waals surface area contributed by atoms with Crippen LogP contribution in [0.4, 0.5) is 18.9 Å². The van der Waals surface area contributed by atoms with Gasteiger partial charge in [0.1, 0.15) is 10.8 Å². The summed E-state index contributed by atoms with van der Waals surface area (Å²) < 4.78 is 37.1. The molecule has 0 spiro atoms. The van der Waals surface area contributed by atoms with E-state index in [4.69, 9.17) is 11.6 Å². The third kappa shape index (κ3) is 3.91. The van der Waals surface area contributed by atoms with E-state index in [-0.39, 0.29) is 16.4 Å². The van der Waals surface area contributed by atoms with Crippen LogP contribution in [0, 0.1) is 6.92 Å². The van der Waals surface area contributed by atoms with Crippen LogP contribution in [0.25, 0.3) is 0 Å². The van der Waals surface area contributed by atoms with Crippen molar-refractivity contribution in [2.75, 3.05) is 5.32 Å². The summed E-state index contributed by atoms with van der Waals surface area (Å²) in [6, 6.07) is 4.80. The topological polar surface area (TPSA) is 54.9 Å². The van der Waals surface area contributed by atoms with Crippen molar-refractivity contribution in [2.45, 2.75) is 13.1 Å². The Morgan fingerprint density at radius 3 is 2.52 bits per heavy atom. The summed E-state index contributed by atoms with van der Waals surface area (Å²) in [5.41, 5.74) is -0.0625. The van der Waals surface area contributed by atoms with Gasteiger partial charge in [-0.2, -0.15) is 13.2 Å². The monoisotopic (exact) mass is 315 g/mol. The Labute approximate surface area is 123 Å². The predicted octanol–water partition coefficient (Wildman–Crippen LogP) is 3.71. The molecule has 0 aliphatic carbocycles. The molecule has 0 saturated heterocycles. The molecule has 0 unspecified atom stereocenters. The first-order chi connectivity index (χ1) is 9.75. The highest BCUT2D eigenvalue weighted by Gasteiger charge is 2.32. The molecule has 8 heteroatoms. The molecule has 0 aliphatic rings. The second-order valence-electron chi connectivity index (χ2n) is 4.20. The van der Waals surface area contributed by atoms with Crippen LogP contribution in [0.1, 0.15) is 21.7 Å². The molecule has 0 radical (unpaired) electrons. The molecule has 2 aromatic heterocycles. The summed E-state index contributed by atoms with van der Waals surface area (Å²) in [5.74, 6) is -0.510. The standard InChI is InChI=1S/C13H9ClF3N3O/c1-7-4-8(5-11(14)19-7)12(21)20-9-2-3-10(18-6-9)13(15,16)17/h2-6H,1H3,(H,20,21). The molecular formula is C13H9ClF3N3O. The number of nitrogens with one attached hydrogen (secondary N) is 1. The molecule has 110 valence electrons. The molecule has 0 atom stereocenters. The van der Waals surface area contributed by atoms with Gasteiger partial charge in [-0.25, -0.2) is 9.97 Å². The molecule has 2 aromatic rings. The predicted molar refractivity (Wildman–Crippen MR) is 71.2 cm³/mol. The third-order valence-corrected chi connectivity index (χ3v) is 2.69. The van der Waals surface area contributed by atoms with Crippen molar-refractivity contribution in [3.63, 3.8) is 0 Å². The second kappa shape index (κ2) is 5.69. The Morgan fingerprint density at radius 1 is 1.29 bits per heavy atom. The summed E-state index contributed by atoms with van der Waals surface area (Å²) in [6.45, 7) is 1.67. The van der Waals surface area contributed by atoms with Crippen molar-refractivity contribution in [3.05, 3.63) is 52.6 Å². The Bertz CT molecular complexity index is 651. The van der Waals surface area contributed by atoms with E-state index >= 15 is 0 Å². The van der Waals surface area contributed by atoms with E-state index in [1.54, 1.807) is 6.92 Å². The first kappa shape index (κ1) is 15.2. The number of hydrogen-bond donors (Lipinski definition) is 1. The summed E-state index contributed by atoms with van der Waals surface area (Å²) >= 11 is 5.74. The van der Waals surface area contributed by atoms with Gasteiger partial charge in [-0.3, -0.25) is 4.79 Å². The molecule has 2 heterocycles. The summed E-state index contributed by atoms with van der Waals surface area (Å²) in [6.07, 6.45) is -3.57. The highest BCUT2D eigenvalue weighted by molar-refractivity contribution is 6.29. The fourth-order valence-corrected chi connectivity index (χ4v) is 1.85. The highest BCUT2D eigenvalue weighted by atomic mass is 35.5. The van der Waals surface area contributed by atoms with Crippen LogP contribution < -0.4 is 5.32 Å². The largest absolute Gasteiger partial charge is 0.433 e. The van der Waals surface area contributed by atoms with Crippen LogP contribution in [0.15, 0.2) is 30.5 Å². The fraction of sp³-hybridized carbons (Fsp3) is 0.154. The van der Waals surface area contributed by atoms with Crippen LogP contribution in [-0.2, 0) is 6.18 Å². The number of hydrogen-bond acceptors (Lipinski definition) is 3. The van der Waals surface area contributed by atoms with Gasteiger partial charge in [0, 0.05) is 11.3 Å². The maximum Gasteiger partial charge on any atom is 0.433 e. The average Bonchev–Trinajstić information content (AvgIpc) is 2.37. The van der Waals surface area contributed by atoms with Crippen LogP contribution in [0.2, 0.25) is 5.15 Å². The molecule has 21 heavy (non-hydrogen) atoms. The van der Waals surface area contributed by atoms with Gasteiger partial charge < -0.3 is 5.32 Å². The number of amides is 1. The number of aromatic nitrogens is 2. The van der Waals surface area contributed by atoms with E-state index < -0.39 is 17.8 Å². The Kier molecular flexibility index (Phi) is 4.13. The minimum absolute atomic E-state index is 0.151. The van der Waals surface area contributed by atoms with Gasteiger partial charge in [-0.1, -0.05) is 11.6 Å². The molecule has 0 bridgehead atoms. The normalized spacial score (nSPS) is 11.3. The minimum Gasteiger partial charge on any atom is -0.321 e. The van der Waals surface area contributed by atoms with Crippen molar-refractivity contribution in [1.82, 2.24) is 9.97 Å². The smallest absolute Gasteiger partial charge is 0.321 e. The van der Waals surface area contributed by atoms with E-state index in [1.807, 2.05) is 0 Å². The van der Waals surface area contributed by atoms with Gasteiger partial charge in [0.25, 0.3) is 5.91 Å². The second-order valence-corrected chi connectivity index (χ2v) is 4.59. The summed E-state index contributed by atoms with van der Waals surface area (Å²) in [7, 11) is 0. The Balaban J connectivity index is 2.16. The molecule has 0 aliphatic heterocycles. The van der Waals surface area contributed by atoms with Crippen LogP contribution in [0.3, 0.4) is 0 Å². The fourth-order valence-electron chi connectivity index (χ4n) is 1.60. The number of aryl methyl sites for hydroxylation is 1. The van der Waals surface area contributed by atoms with E-state index in [2.05, 4.69) is 15.3 Å². The van der Waals surface area contributed by atoms with Crippen molar-refractivity contribution < 1.29 is 18.0 Å². The summed E-state index contributed by atoms with van der Waals surface area (Å²) in [5, 5.41) is 2.59. The van der Waals surface area contributed by atoms with Crippen molar-refractivity contribution in [3.8, 4) is 0 Å². The number of pyridine rings is 2. The van der Waals surface area contributed by atoms with Gasteiger partial charge in [-0.15, -0.1) is 0 Å². The minimum atomic E-state index is -4.52. The zero-order valence-electron chi connectivity index (χ0n) is 10.7. The van der Waals surface area contributed by atoms with Crippen LogP contribution in [0.5, 0.6) is 0 Å². The quantitative estimate of drug-likeness (QED) is 0.860. The van der Waals surface area contributed by atoms with E-state index in [1.165, 1.54) is 12.1 Å². The lowest BCUT2D eigenvalue weighted by molar-refractivity contribution is -0.141. The first-order valence-corrected chi connectivity index (χ1v) is 6.12. The molecule has 1 amide bonds. The maximum atomic E-state index is 12.4. The van der Waals surface area contributed by atoms with Crippen molar-refractivity contribution in [2.24, 2.45) is 0 Å². The van der Waals surface area contributed by atoms with Gasteiger partial charge in [0.15, 0.2) is 0 Å². The lowest BCUT2D eigenvalue weighted by atomic mass is 10.2. The third-order valence-electron chi connectivity index (χ3n) is 2.50. The average molecular weight is 316 g/mol. The molecule has 0 aromatic carbocycles. The van der Waals surface area contributed by atoms with Gasteiger partial charge in [0.05, 0.1) is 11.9 Å². The number of halogens is 4. The van der Waals surface area contributed by atoms with E-state index in [0.29, 0.717) is 5.69 Å². The molecule has 2 rings (SSSR count). The number of carbonyl (C=O) groups is 1. The molecule has 0 fully saturated rings. The number of nitrogens with zero attached hydrogens (tertiary/aromatic N) is 2. The number of carbonyl (C=O) groups excluding carboxylic acids is 1. The van der Waals surface area contributed by atoms with Crippen LogP contribution >= 0.6 is 11.6 Å². The SMILES string of the molecule is Cc1cc(C(=O)Nc2ccc(C(F)(F)F)nc2)cc(Cl)n1. The lowest BCUT2D eigenvalue weighted by Gasteiger charge is -2.08. The number of alkyl halides is 3. The van der Waals surface area contributed by atoms with Crippen molar-refractivity contribution >= 4 is 23.2 Å². The molecule has 4 nitrogen and oxygen atoms in total. The van der Waals surface area contributed by atoms with Gasteiger partial charge >= 0.3 is 6.18 Å². The summed E-state index contributed by atoms with van der Waals surface area (Å²) in [4.78, 5) is 19.1. The molecular weight excluding hydrogens is 307 g/mol. The zero-order chi connectivity index (χ0) is 15.6. The van der Waals surface area contributed by atoms with E-state index in [9.17, 15) is 18.0 Å². The number of rotatable bonds is 2. The van der Waals surface area contributed by atoms with Crippen LogP contribution in [-0.4, -0.2) is 15.9 Å². The number of anilines is 1. The Morgan fingerprint density at radius 2 is 2.00 bits per heavy atom. The van der Waals surface area contributed by atoms with Gasteiger partial charge in [-0.05, 0) is 31.2 Å². The highest BCUT2D eigenvalue weighted by Crippen LogP contribution is 2.27.